The monoisotopic (exact) mass is 549 g/mol. The summed E-state index contributed by atoms with van der Waals surface area (Å²) in [7, 11) is 2.13. The number of hydrogen-bond donors (Lipinski definition) is 4. The molecule has 4 N–H and O–H groups in total. The first-order valence-electron chi connectivity index (χ1n) is 13.5. The van der Waals surface area contributed by atoms with Crippen molar-refractivity contribution in [2.24, 2.45) is 0 Å². The van der Waals surface area contributed by atoms with Gasteiger partial charge in [-0.05, 0) is 25.2 Å². The van der Waals surface area contributed by atoms with Gasteiger partial charge in [0.05, 0.1) is 40.2 Å². The summed E-state index contributed by atoms with van der Waals surface area (Å²) in [6.45, 7) is 3.79. The Hall–Kier alpha value is -4.87. The number of aromatic nitrogens is 6. The quantitative estimate of drug-likeness (QED) is 0.223. The van der Waals surface area contributed by atoms with Crippen LogP contribution in [0.3, 0.4) is 0 Å². The zero-order chi connectivity index (χ0) is 27.9. The Morgan fingerprint density at radius 1 is 0.951 bits per heavy atom. The molecule has 2 aromatic carbocycles. The summed E-state index contributed by atoms with van der Waals surface area (Å²) >= 11 is 0. The molecule has 0 spiro atoms. The number of anilines is 2. The largest absolute Gasteiger partial charge is 0.369 e. The van der Waals surface area contributed by atoms with Gasteiger partial charge in [0.25, 0.3) is 0 Å². The normalized spacial score (nSPS) is 15.0. The predicted octanol–water partition coefficient (Wildman–Crippen LogP) is 4.56. The van der Waals surface area contributed by atoms with E-state index >= 15 is 4.39 Å². The lowest BCUT2D eigenvalue weighted by Gasteiger charge is -2.34. The second-order valence-electron chi connectivity index (χ2n) is 10.3. The van der Waals surface area contributed by atoms with Crippen LogP contribution in [0, 0.1) is 5.82 Å². The highest BCUT2D eigenvalue weighted by Gasteiger charge is 2.23. The molecule has 0 saturated carbocycles. The van der Waals surface area contributed by atoms with Gasteiger partial charge in [0.1, 0.15) is 16.9 Å². The van der Waals surface area contributed by atoms with E-state index in [9.17, 15) is 5.11 Å². The van der Waals surface area contributed by atoms with Crippen LogP contribution in [-0.2, 0) is 0 Å². The summed E-state index contributed by atoms with van der Waals surface area (Å²) in [5.74, 6) is -0.0584. The molecule has 1 aliphatic heterocycles. The molecular weight excluding hydrogens is 521 g/mol. The van der Waals surface area contributed by atoms with Crippen molar-refractivity contribution < 1.29 is 9.50 Å². The third-order valence-corrected chi connectivity index (χ3v) is 7.53. The number of nitrogens with zero attached hydrogens (tertiary/aromatic N) is 6. The summed E-state index contributed by atoms with van der Waals surface area (Å²) in [5.41, 5.74) is 5.40. The number of aromatic amines is 2. The molecule has 0 aliphatic carbocycles. The second-order valence-corrected chi connectivity index (χ2v) is 10.3. The minimum Gasteiger partial charge on any atom is -0.369 e. The fraction of sp³-hybridized carbons (Fsp3) is 0.200. The number of nitrogens with one attached hydrogen (secondary N) is 3. The van der Waals surface area contributed by atoms with E-state index in [1.807, 2.05) is 42.5 Å². The molecule has 10 nitrogen and oxygen atoms in total. The summed E-state index contributed by atoms with van der Waals surface area (Å²) in [4.78, 5) is 21.5. The van der Waals surface area contributed by atoms with Gasteiger partial charge in [-0.3, -0.25) is 15.1 Å². The summed E-state index contributed by atoms with van der Waals surface area (Å²) in [6.07, 6.45) is 3.72. The maximum Gasteiger partial charge on any atom is 0.161 e. The lowest BCUT2D eigenvalue weighted by molar-refractivity contribution is 0.208. The van der Waals surface area contributed by atoms with Crippen molar-refractivity contribution in [2.75, 3.05) is 43.4 Å². The lowest BCUT2D eigenvalue weighted by Crippen LogP contribution is -2.44. The smallest absolute Gasteiger partial charge is 0.161 e. The van der Waals surface area contributed by atoms with Crippen molar-refractivity contribution in [2.45, 2.75) is 6.23 Å². The fourth-order valence-corrected chi connectivity index (χ4v) is 5.30. The topological polar surface area (TPSA) is 122 Å². The van der Waals surface area contributed by atoms with Gasteiger partial charge in [0, 0.05) is 43.5 Å². The van der Waals surface area contributed by atoms with Crippen LogP contribution in [0.1, 0.15) is 11.8 Å². The first-order valence-corrected chi connectivity index (χ1v) is 13.5. The van der Waals surface area contributed by atoms with Gasteiger partial charge in [-0.2, -0.15) is 5.10 Å². The molecule has 0 amide bonds. The molecule has 5 heterocycles. The van der Waals surface area contributed by atoms with Crippen LogP contribution in [0.5, 0.6) is 0 Å². The number of fused-ring (bicyclic) bond motifs is 2. The molecule has 0 radical (unpaired) electrons. The Morgan fingerprint density at radius 2 is 1.78 bits per heavy atom. The SMILES string of the molecule is CN1CCN(c2cccc3[nH]c(-c4n[nH]c5cnc(-c6cncc(NC(O)c7ccccc7)c6)c(F)c45)nc23)CC1. The van der Waals surface area contributed by atoms with E-state index in [-0.39, 0.29) is 11.1 Å². The number of aliphatic hydroxyl groups excluding tert-OH is 1. The van der Waals surface area contributed by atoms with Crippen molar-refractivity contribution in [3.8, 4) is 22.8 Å². The number of imidazole rings is 1. The molecule has 4 aromatic heterocycles. The number of likely N-dealkylation sites (N-methyl/N-ethyl adjacent to an activating group) is 1. The first-order chi connectivity index (χ1) is 20.0. The number of hydrogen-bond acceptors (Lipinski definition) is 8. The zero-order valence-electron chi connectivity index (χ0n) is 22.3. The Bertz CT molecular complexity index is 1840. The first kappa shape index (κ1) is 25.1. The van der Waals surface area contributed by atoms with Gasteiger partial charge < -0.3 is 25.2 Å². The Kier molecular flexibility index (Phi) is 6.29. The van der Waals surface area contributed by atoms with Crippen molar-refractivity contribution in [3.05, 3.63) is 84.6 Å². The number of H-pyrrole nitrogens is 2. The van der Waals surface area contributed by atoms with Crippen LogP contribution in [0.4, 0.5) is 15.8 Å². The van der Waals surface area contributed by atoms with Crippen molar-refractivity contribution in [1.29, 1.82) is 0 Å². The maximum atomic E-state index is 16.2. The predicted molar refractivity (Wildman–Crippen MR) is 157 cm³/mol. The molecule has 1 fully saturated rings. The third-order valence-electron chi connectivity index (χ3n) is 7.53. The molecule has 1 atom stereocenters. The Balaban J connectivity index is 1.24. The highest BCUT2D eigenvalue weighted by molar-refractivity contribution is 5.97. The van der Waals surface area contributed by atoms with Gasteiger partial charge in [0.2, 0.25) is 0 Å². The number of benzene rings is 2. The molecule has 6 aromatic rings. The standard InChI is InChI=1S/C30H28FN9O/c1-39-10-12-40(13-11-39)23-9-5-8-21-27(23)36-29(35-21)28-24-22(37-38-28)17-33-26(25(24)31)19-14-20(16-32-15-19)34-30(41)18-6-3-2-4-7-18/h2-9,14-17,30,34,41H,10-13H2,1H3,(H,35,36)(H,37,38). The van der Waals surface area contributed by atoms with Gasteiger partial charge in [-0.1, -0.05) is 36.4 Å². The lowest BCUT2D eigenvalue weighted by atomic mass is 10.1. The minimum absolute atomic E-state index is 0.125. The highest BCUT2D eigenvalue weighted by atomic mass is 19.1. The minimum atomic E-state index is -0.946. The van der Waals surface area contributed by atoms with Gasteiger partial charge in [-0.15, -0.1) is 0 Å². The van der Waals surface area contributed by atoms with E-state index < -0.39 is 12.0 Å². The van der Waals surface area contributed by atoms with Gasteiger partial charge in [0.15, 0.2) is 17.9 Å². The fourth-order valence-electron chi connectivity index (χ4n) is 5.30. The van der Waals surface area contributed by atoms with Crippen molar-refractivity contribution in [1.82, 2.24) is 35.0 Å². The molecular formula is C30H28FN9O. The highest BCUT2D eigenvalue weighted by Crippen LogP contribution is 2.35. The Labute approximate surface area is 234 Å². The molecule has 1 unspecified atom stereocenters. The van der Waals surface area contributed by atoms with E-state index in [1.165, 1.54) is 0 Å². The molecule has 1 saturated heterocycles. The number of halogens is 1. The molecule has 7 rings (SSSR count). The molecule has 1 aliphatic rings. The summed E-state index contributed by atoms with van der Waals surface area (Å²) in [5, 5.41) is 21.2. The van der Waals surface area contributed by atoms with Crippen LogP contribution in [0.15, 0.2) is 73.2 Å². The third kappa shape index (κ3) is 4.64. The number of aliphatic hydroxyl groups is 1. The molecule has 206 valence electrons. The van der Waals surface area contributed by atoms with E-state index in [0.29, 0.717) is 33.8 Å². The van der Waals surface area contributed by atoms with Crippen LogP contribution in [0.25, 0.3) is 44.7 Å². The zero-order valence-corrected chi connectivity index (χ0v) is 22.3. The van der Waals surface area contributed by atoms with Gasteiger partial charge in [-0.25, -0.2) is 9.37 Å². The van der Waals surface area contributed by atoms with Crippen LogP contribution in [-0.4, -0.2) is 73.4 Å². The van der Waals surface area contributed by atoms with Crippen LogP contribution in [0.2, 0.25) is 0 Å². The van der Waals surface area contributed by atoms with E-state index in [4.69, 9.17) is 4.98 Å². The number of rotatable bonds is 6. The van der Waals surface area contributed by atoms with E-state index in [1.54, 1.807) is 24.7 Å². The average Bonchev–Trinajstić information content (AvgIpc) is 3.63. The van der Waals surface area contributed by atoms with Gasteiger partial charge >= 0.3 is 0 Å². The maximum absolute atomic E-state index is 16.2. The van der Waals surface area contributed by atoms with E-state index in [2.05, 4.69) is 53.4 Å². The van der Waals surface area contributed by atoms with Crippen LogP contribution >= 0.6 is 0 Å². The summed E-state index contributed by atoms with van der Waals surface area (Å²) in [6, 6.07) is 17.0. The number of piperazine rings is 1. The molecule has 41 heavy (non-hydrogen) atoms. The number of pyridine rings is 2. The van der Waals surface area contributed by atoms with E-state index in [0.717, 1.165) is 42.9 Å². The molecule has 11 heteroatoms. The Morgan fingerprint density at radius 3 is 2.61 bits per heavy atom. The second kappa shape index (κ2) is 10.3. The summed E-state index contributed by atoms with van der Waals surface area (Å²) < 4.78 is 16.2. The van der Waals surface area contributed by atoms with Crippen molar-refractivity contribution in [3.63, 3.8) is 0 Å². The molecule has 0 bridgehead atoms. The van der Waals surface area contributed by atoms with Crippen LogP contribution < -0.4 is 10.2 Å². The van der Waals surface area contributed by atoms with Crippen molar-refractivity contribution >= 4 is 33.3 Å². The average molecular weight is 550 g/mol. The number of para-hydroxylation sites is 1.